The van der Waals surface area contributed by atoms with E-state index in [1.165, 1.54) is 0 Å². The van der Waals surface area contributed by atoms with E-state index in [0.717, 1.165) is 10.0 Å². The second kappa shape index (κ2) is 4.73. The van der Waals surface area contributed by atoms with Gasteiger partial charge in [-0.2, -0.15) is 4.98 Å². The minimum absolute atomic E-state index is 0.0532. The maximum Gasteiger partial charge on any atom is 0.257 e. The molecule has 0 aliphatic heterocycles. The fraction of sp³-hybridized carbons (Fsp3) is 0.200. The Bertz CT molecular complexity index is 486. The Balaban J connectivity index is 2.35. The summed E-state index contributed by atoms with van der Waals surface area (Å²) in [6, 6.07) is 7.50. The number of halogens is 1. The maximum absolute atomic E-state index is 9.43. The van der Waals surface area contributed by atoms with Crippen molar-refractivity contribution in [3.63, 3.8) is 0 Å². The topological polar surface area (TPSA) is 85.2 Å². The van der Waals surface area contributed by atoms with Crippen LogP contribution in [0.4, 0.5) is 0 Å². The van der Waals surface area contributed by atoms with Gasteiger partial charge >= 0.3 is 0 Å². The fourth-order valence-electron chi connectivity index (χ4n) is 1.22. The summed E-state index contributed by atoms with van der Waals surface area (Å²) in [6.07, 6.45) is -0.913. The van der Waals surface area contributed by atoms with Crippen molar-refractivity contribution < 1.29 is 9.63 Å². The molecule has 0 bridgehead atoms. The van der Waals surface area contributed by atoms with Crippen molar-refractivity contribution in [2.45, 2.75) is 6.10 Å². The first-order chi connectivity index (χ1) is 7.72. The molecule has 0 amide bonds. The third kappa shape index (κ3) is 2.13. The lowest BCUT2D eigenvalue weighted by molar-refractivity contribution is 0.141. The van der Waals surface area contributed by atoms with E-state index in [-0.39, 0.29) is 12.4 Å². The molecular formula is C10H10BrN3O2. The predicted molar refractivity (Wildman–Crippen MR) is 61.4 cm³/mol. The molecule has 2 rings (SSSR count). The zero-order valence-electron chi connectivity index (χ0n) is 8.30. The number of nitrogens with zero attached hydrogens (tertiary/aromatic N) is 2. The second-order valence-electron chi connectivity index (χ2n) is 3.19. The molecule has 0 fully saturated rings. The molecule has 0 radical (unpaired) electrons. The van der Waals surface area contributed by atoms with Crippen LogP contribution in [0.15, 0.2) is 33.3 Å². The summed E-state index contributed by atoms with van der Waals surface area (Å²) in [6.45, 7) is 0.0532. The lowest BCUT2D eigenvalue weighted by Crippen LogP contribution is -2.11. The van der Waals surface area contributed by atoms with Crippen LogP contribution in [-0.4, -0.2) is 21.8 Å². The molecular weight excluding hydrogens is 274 g/mol. The van der Waals surface area contributed by atoms with Crippen molar-refractivity contribution in [3.05, 3.63) is 34.6 Å². The van der Waals surface area contributed by atoms with Gasteiger partial charge in [-0.3, -0.25) is 0 Å². The fourth-order valence-corrected chi connectivity index (χ4v) is 1.69. The first-order valence-electron chi connectivity index (χ1n) is 4.69. The molecule has 0 saturated heterocycles. The number of rotatable bonds is 3. The number of nitrogens with two attached hydrogens (primary N) is 1. The quantitative estimate of drug-likeness (QED) is 0.892. The van der Waals surface area contributed by atoms with Crippen LogP contribution in [-0.2, 0) is 0 Å². The second-order valence-corrected chi connectivity index (χ2v) is 4.04. The number of aliphatic hydroxyl groups excluding tert-OH is 1. The normalized spacial score (nSPS) is 12.7. The molecule has 2 aromatic rings. The van der Waals surface area contributed by atoms with Gasteiger partial charge in [0.05, 0.1) is 0 Å². The van der Waals surface area contributed by atoms with Crippen LogP contribution < -0.4 is 5.73 Å². The molecule has 0 aliphatic rings. The lowest BCUT2D eigenvalue weighted by atomic mass is 10.2. The van der Waals surface area contributed by atoms with E-state index in [1.54, 1.807) is 0 Å². The highest BCUT2D eigenvalue weighted by molar-refractivity contribution is 9.10. The maximum atomic E-state index is 9.43. The highest BCUT2D eigenvalue weighted by Gasteiger charge is 2.16. The molecule has 16 heavy (non-hydrogen) atoms. The number of hydrogen-bond acceptors (Lipinski definition) is 5. The molecule has 1 atom stereocenters. The highest BCUT2D eigenvalue weighted by Crippen LogP contribution is 2.26. The first-order valence-corrected chi connectivity index (χ1v) is 5.48. The number of benzene rings is 1. The van der Waals surface area contributed by atoms with E-state index < -0.39 is 6.10 Å². The standard InChI is InChI=1S/C10H10BrN3O2/c11-7-4-2-1-3-6(7)9-13-10(16-14-9)8(15)5-12/h1-4,8,15H,5,12H2. The lowest BCUT2D eigenvalue weighted by Gasteiger charge is -1.99. The molecule has 0 saturated carbocycles. The Kier molecular flexibility index (Phi) is 3.33. The van der Waals surface area contributed by atoms with Crippen molar-refractivity contribution in [3.8, 4) is 11.4 Å². The van der Waals surface area contributed by atoms with Gasteiger partial charge in [0.2, 0.25) is 5.82 Å². The van der Waals surface area contributed by atoms with Gasteiger partial charge in [0.1, 0.15) is 6.10 Å². The van der Waals surface area contributed by atoms with Gasteiger partial charge in [0.15, 0.2) is 0 Å². The molecule has 1 aromatic carbocycles. The Labute approximate surface area is 100 Å². The zero-order valence-corrected chi connectivity index (χ0v) is 9.89. The summed E-state index contributed by atoms with van der Waals surface area (Å²) in [5.41, 5.74) is 6.10. The minimum atomic E-state index is -0.913. The number of hydrogen-bond donors (Lipinski definition) is 2. The molecule has 1 unspecified atom stereocenters. The first kappa shape index (κ1) is 11.3. The monoisotopic (exact) mass is 283 g/mol. The van der Waals surface area contributed by atoms with Gasteiger partial charge in [-0.05, 0) is 12.1 Å². The molecule has 84 valence electrons. The Morgan fingerprint density at radius 3 is 2.88 bits per heavy atom. The van der Waals surface area contributed by atoms with E-state index in [0.29, 0.717) is 5.82 Å². The molecule has 0 aliphatic carbocycles. The zero-order chi connectivity index (χ0) is 11.5. The summed E-state index contributed by atoms with van der Waals surface area (Å²) < 4.78 is 5.78. The summed E-state index contributed by atoms with van der Waals surface area (Å²) >= 11 is 3.39. The largest absolute Gasteiger partial charge is 0.382 e. The Morgan fingerprint density at radius 2 is 2.19 bits per heavy atom. The van der Waals surface area contributed by atoms with E-state index in [4.69, 9.17) is 10.3 Å². The van der Waals surface area contributed by atoms with Crippen molar-refractivity contribution in [1.82, 2.24) is 10.1 Å². The van der Waals surface area contributed by atoms with Gasteiger partial charge in [-0.1, -0.05) is 33.2 Å². The van der Waals surface area contributed by atoms with Crippen molar-refractivity contribution in [2.24, 2.45) is 5.73 Å². The molecule has 1 heterocycles. The average molecular weight is 284 g/mol. The van der Waals surface area contributed by atoms with Gasteiger partial charge in [0.25, 0.3) is 5.89 Å². The van der Waals surface area contributed by atoms with E-state index >= 15 is 0 Å². The smallest absolute Gasteiger partial charge is 0.257 e. The summed E-state index contributed by atoms with van der Waals surface area (Å²) in [4.78, 5) is 4.07. The molecule has 5 nitrogen and oxygen atoms in total. The van der Waals surface area contributed by atoms with Crippen LogP contribution >= 0.6 is 15.9 Å². The van der Waals surface area contributed by atoms with Crippen LogP contribution in [0, 0.1) is 0 Å². The summed E-state index contributed by atoms with van der Waals surface area (Å²) in [5, 5.41) is 13.2. The minimum Gasteiger partial charge on any atom is -0.382 e. The summed E-state index contributed by atoms with van der Waals surface area (Å²) in [7, 11) is 0. The summed E-state index contributed by atoms with van der Waals surface area (Å²) in [5.74, 6) is 0.559. The SMILES string of the molecule is NCC(O)c1nc(-c2ccccc2Br)no1. The van der Waals surface area contributed by atoms with Gasteiger partial charge < -0.3 is 15.4 Å². The van der Waals surface area contributed by atoms with Crippen molar-refractivity contribution in [1.29, 1.82) is 0 Å². The van der Waals surface area contributed by atoms with Crippen molar-refractivity contribution >= 4 is 15.9 Å². The average Bonchev–Trinajstić information content (AvgIpc) is 2.78. The van der Waals surface area contributed by atoms with Gasteiger partial charge in [-0.25, -0.2) is 0 Å². The number of aromatic nitrogens is 2. The van der Waals surface area contributed by atoms with Crippen LogP contribution in [0.1, 0.15) is 12.0 Å². The number of aliphatic hydroxyl groups is 1. The van der Waals surface area contributed by atoms with E-state index in [1.807, 2.05) is 24.3 Å². The predicted octanol–water partition coefficient (Wildman–Crippen LogP) is 1.49. The van der Waals surface area contributed by atoms with Crippen LogP contribution in [0.3, 0.4) is 0 Å². The third-order valence-electron chi connectivity index (χ3n) is 2.06. The molecule has 3 N–H and O–H groups in total. The molecule has 1 aromatic heterocycles. The molecule has 6 heteroatoms. The van der Waals surface area contributed by atoms with Crippen LogP contribution in [0.5, 0.6) is 0 Å². The van der Waals surface area contributed by atoms with E-state index in [9.17, 15) is 5.11 Å². The van der Waals surface area contributed by atoms with Crippen LogP contribution in [0.2, 0.25) is 0 Å². The van der Waals surface area contributed by atoms with Gasteiger partial charge in [-0.15, -0.1) is 0 Å². The van der Waals surface area contributed by atoms with Crippen molar-refractivity contribution in [2.75, 3.05) is 6.54 Å². The van der Waals surface area contributed by atoms with E-state index in [2.05, 4.69) is 26.1 Å². The molecule has 0 spiro atoms. The van der Waals surface area contributed by atoms with Gasteiger partial charge in [0, 0.05) is 16.6 Å². The Hall–Kier alpha value is -1.24. The van der Waals surface area contributed by atoms with Crippen LogP contribution in [0.25, 0.3) is 11.4 Å². The Morgan fingerprint density at radius 1 is 1.44 bits per heavy atom. The highest BCUT2D eigenvalue weighted by atomic mass is 79.9. The third-order valence-corrected chi connectivity index (χ3v) is 2.76.